The molecule has 0 N–H and O–H groups in total. The SMILES string of the molecule is CC(=O)C=Cc1cnc(N2CCCCC2)s1. The Labute approximate surface area is 99.8 Å². The number of aromatic nitrogens is 1. The lowest BCUT2D eigenvalue weighted by molar-refractivity contribution is -0.112. The van der Waals surface area contributed by atoms with Crippen molar-refractivity contribution in [3.05, 3.63) is 17.2 Å². The molecule has 86 valence electrons. The van der Waals surface area contributed by atoms with Crippen molar-refractivity contribution in [2.75, 3.05) is 18.0 Å². The maximum atomic E-state index is 10.8. The van der Waals surface area contributed by atoms with Crippen molar-refractivity contribution in [2.45, 2.75) is 26.2 Å². The Balaban J connectivity index is 2.03. The molecule has 0 aliphatic carbocycles. The summed E-state index contributed by atoms with van der Waals surface area (Å²) in [6, 6.07) is 0. The molecule has 0 bridgehead atoms. The number of rotatable bonds is 3. The molecule has 0 atom stereocenters. The molecule has 0 amide bonds. The second-order valence-corrected chi connectivity index (χ2v) is 5.08. The maximum absolute atomic E-state index is 10.8. The minimum Gasteiger partial charge on any atom is -0.348 e. The first-order chi connectivity index (χ1) is 7.75. The van der Waals surface area contributed by atoms with Gasteiger partial charge in [0.15, 0.2) is 10.9 Å². The highest BCUT2D eigenvalue weighted by atomic mass is 32.1. The number of carbonyl (C=O) groups excluding carboxylic acids is 1. The van der Waals surface area contributed by atoms with Crippen molar-refractivity contribution >= 4 is 28.3 Å². The molecule has 4 heteroatoms. The zero-order chi connectivity index (χ0) is 11.4. The number of anilines is 1. The maximum Gasteiger partial charge on any atom is 0.185 e. The van der Waals surface area contributed by atoms with E-state index >= 15 is 0 Å². The molecule has 0 spiro atoms. The molecule has 1 aromatic rings. The second kappa shape index (κ2) is 5.25. The standard InChI is InChI=1S/C12H16N2OS/c1-10(15)5-6-11-9-13-12(16-11)14-7-3-2-4-8-14/h5-6,9H,2-4,7-8H2,1H3. The Kier molecular flexibility index (Phi) is 3.72. The van der Waals surface area contributed by atoms with Crippen LogP contribution in [0.15, 0.2) is 12.3 Å². The number of piperidine rings is 1. The van der Waals surface area contributed by atoms with Gasteiger partial charge in [0.05, 0.1) is 0 Å². The average molecular weight is 236 g/mol. The van der Waals surface area contributed by atoms with Crippen molar-refractivity contribution in [3.63, 3.8) is 0 Å². The first kappa shape index (κ1) is 11.3. The molecule has 1 aliphatic rings. The summed E-state index contributed by atoms with van der Waals surface area (Å²) in [5, 5.41) is 1.09. The summed E-state index contributed by atoms with van der Waals surface area (Å²) < 4.78 is 0. The summed E-state index contributed by atoms with van der Waals surface area (Å²) in [6.45, 7) is 3.79. The number of carbonyl (C=O) groups is 1. The summed E-state index contributed by atoms with van der Waals surface area (Å²) in [5.41, 5.74) is 0. The lowest BCUT2D eigenvalue weighted by atomic mass is 10.1. The van der Waals surface area contributed by atoms with Crippen LogP contribution in [0.25, 0.3) is 6.08 Å². The fourth-order valence-corrected chi connectivity index (χ4v) is 2.65. The molecule has 0 radical (unpaired) electrons. The Morgan fingerprint density at radius 3 is 2.88 bits per heavy atom. The Hall–Kier alpha value is -1.16. The number of thiazole rings is 1. The smallest absolute Gasteiger partial charge is 0.185 e. The van der Waals surface area contributed by atoms with Gasteiger partial charge in [-0.3, -0.25) is 4.79 Å². The lowest BCUT2D eigenvalue weighted by Crippen LogP contribution is -2.29. The quantitative estimate of drug-likeness (QED) is 0.757. The van der Waals surface area contributed by atoms with Crippen molar-refractivity contribution < 1.29 is 4.79 Å². The monoisotopic (exact) mass is 236 g/mol. The van der Waals surface area contributed by atoms with Crippen LogP contribution in [-0.4, -0.2) is 23.9 Å². The second-order valence-electron chi connectivity index (χ2n) is 4.04. The minimum absolute atomic E-state index is 0.0768. The van der Waals surface area contributed by atoms with Crippen LogP contribution in [-0.2, 0) is 4.79 Å². The number of nitrogens with zero attached hydrogens (tertiary/aromatic N) is 2. The zero-order valence-electron chi connectivity index (χ0n) is 9.48. The van der Waals surface area contributed by atoms with Crippen molar-refractivity contribution in [3.8, 4) is 0 Å². The van der Waals surface area contributed by atoms with E-state index in [0.717, 1.165) is 23.1 Å². The summed E-state index contributed by atoms with van der Waals surface area (Å²) in [6.07, 6.45) is 9.13. The summed E-state index contributed by atoms with van der Waals surface area (Å²) in [4.78, 5) is 18.6. The van der Waals surface area contributed by atoms with Crippen LogP contribution in [0.1, 0.15) is 31.1 Å². The van der Waals surface area contributed by atoms with Gasteiger partial charge < -0.3 is 4.90 Å². The average Bonchev–Trinajstić information content (AvgIpc) is 2.76. The van der Waals surface area contributed by atoms with Crippen molar-refractivity contribution in [1.82, 2.24) is 4.98 Å². The van der Waals surface area contributed by atoms with Gasteiger partial charge in [-0.25, -0.2) is 4.98 Å². The molecule has 3 nitrogen and oxygen atoms in total. The van der Waals surface area contributed by atoms with E-state index in [-0.39, 0.29) is 5.78 Å². The third-order valence-corrected chi connectivity index (χ3v) is 3.64. The van der Waals surface area contributed by atoms with Gasteiger partial charge in [0.2, 0.25) is 0 Å². The van der Waals surface area contributed by atoms with Gasteiger partial charge >= 0.3 is 0 Å². The fourth-order valence-electron chi connectivity index (χ4n) is 1.78. The van der Waals surface area contributed by atoms with Crippen LogP contribution < -0.4 is 4.90 Å². The van der Waals surface area contributed by atoms with Gasteiger partial charge in [0.1, 0.15) is 0 Å². The Morgan fingerprint density at radius 2 is 2.19 bits per heavy atom. The molecule has 0 saturated carbocycles. The van der Waals surface area contributed by atoms with Crippen LogP contribution in [0.4, 0.5) is 5.13 Å². The molecule has 1 aromatic heterocycles. The zero-order valence-corrected chi connectivity index (χ0v) is 10.3. The molecule has 1 fully saturated rings. The molecule has 0 unspecified atom stereocenters. The summed E-state index contributed by atoms with van der Waals surface area (Å²) >= 11 is 1.66. The number of ketones is 1. The van der Waals surface area contributed by atoms with Gasteiger partial charge in [-0.1, -0.05) is 11.3 Å². The molecule has 1 aliphatic heterocycles. The van der Waals surface area contributed by atoms with E-state index in [0.29, 0.717) is 0 Å². The van der Waals surface area contributed by atoms with E-state index in [2.05, 4.69) is 9.88 Å². The third kappa shape index (κ3) is 2.92. The minimum atomic E-state index is 0.0768. The summed E-state index contributed by atoms with van der Waals surface area (Å²) in [5.74, 6) is 0.0768. The number of hydrogen-bond donors (Lipinski definition) is 0. The number of hydrogen-bond acceptors (Lipinski definition) is 4. The molecule has 2 heterocycles. The predicted octanol–water partition coefficient (Wildman–Crippen LogP) is 2.74. The third-order valence-electron chi connectivity index (χ3n) is 2.62. The van der Waals surface area contributed by atoms with Gasteiger partial charge in [-0.05, 0) is 38.3 Å². The van der Waals surface area contributed by atoms with Gasteiger partial charge in [0.25, 0.3) is 0 Å². The molecular weight excluding hydrogens is 220 g/mol. The van der Waals surface area contributed by atoms with Crippen LogP contribution in [0.5, 0.6) is 0 Å². The molecule has 16 heavy (non-hydrogen) atoms. The van der Waals surface area contributed by atoms with Crippen LogP contribution in [0.3, 0.4) is 0 Å². The van der Waals surface area contributed by atoms with E-state index in [1.807, 2.05) is 12.3 Å². The highest BCUT2D eigenvalue weighted by Gasteiger charge is 2.13. The Bertz CT molecular complexity index is 391. The predicted molar refractivity (Wildman–Crippen MR) is 67.9 cm³/mol. The van der Waals surface area contributed by atoms with E-state index in [1.54, 1.807) is 24.3 Å². The molecule has 0 aromatic carbocycles. The molecule has 2 rings (SSSR count). The van der Waals surface area contributed by atoms with E-state index < -0.39 is 0 Å². The molecular formula is C12H16N2OS. The lowest BCUT2D eigenvalue weighted by Gasteiger charge is -2.25. The normalized spacial score (nSPS) is 16.9. The van der Waals surface area contributed by atoms with Crippen molar-refractivity contribution in [2.24, 2.45) is 0 Å². The van der Waals surface area contributed by atoms with E-state index in [1.165, 1.54) is 19.3 Å². The molecule has 1 saturated heterocycles. The van der Waals surface area contributed by atoms with Gasteiger partial charge in [-0.15, -0.1) is 0 Å². The van der Waals surface area contributed by atoms with Crippen LogP contribution in [0, 0.1) is 0 Å². The van der Waals surface area contributed by atoms with Gasteiger partial charge in [-0.2, -0.15) is 0 Å². The van der Waals surface area contributed by atoms with E-state index in [9.17, 15) is 4.79 Å². The van der Waals surface area contributed by atoms with Gasteiger partial charge in [0, 0.05) is 24.2 Å². The number of allylic oxidation sites excluding steroid dienone is 1. The fraction of sp³-hybridized carbons (Fsp3) is 0.500. The van der Waals surface area contributed by atoms with E-state index in [4.69, 9.17) is 0 Å². The first-order valence-electron chi connectivity index (χ1n) is 5.65. The largest absolute Gasteiger partial charge is 0.348 e. The summed E-state index contributed by atoms with van der Waals surface area (Å²) in [7, 11) is 0. The van der Waals surface area contributed by atoms with Crippen LogP contribution >= 0.6 is 11.3 Å². The highest BCUT2D eigenvalue weighted by molar-refractivity contribution is 7.16. The van der Waals surface area contributed by atoms with Crippen LogP contribution in [0.2, 0.25) is 0 Å². The topological polar surface area (TPSA) is 33.2 Å². The van der Waals surface area contributed by atoms with Crippen molar-refractivity contribution in [1.29, 1.82) is 0 Å². The first-order valence-corrected chi connectivity index (χ1v) is 6.47. The Morgan fingerprint density at radius 1 is 1.44 bits per heavy atom. The highest BCUT2D eigenvalue weighted by Crippen LogP contribution is 2.26.